The zero-order valence-electron chi connectivity index (χ0n) is 13.2. The van der Waals surface area contributed by atoms with E-state index in [0.29, 0.717) is 16.5 Å². The van der Waals surface area contributed by atoms with Gasteiger partial charge in [0.2, 0.25) is 0 Å². The number of furan rings is 1. The summed E-state index contributed by atoms with van der Waals surface area (Å²) in [5, 5.41) is 0.589. The monoisotopic (exact) mass is 351 g/mol. The summed E-state index contributed by atoms with van der Waals surface area (Å²) in [5.41, 5.74) is 0. The van der Waals surface area contributed by atoms with Gasteiger partial charge in [0.05, 0.1) is 26.3 Å². The first kappa shape index (κ1) is 17.9. The summed E-state index contributed by atoms with van der Waals surface area (Å²) in [6.07, 6.45) is 1.63. The molecule has 7 heteroatoms. The first-order valence-corrected chi connectivity index (χ1v) is 7.71. The van der Waals surface area contributed by atoms with Crippen LogP contribution in [0, 0.1) is 0 Å². The topological polar surface area (TPSA) is 69.0 Å². The van der Waals surface area contributed by atoms with Gasteiger partial charge in [-0.25, -0.2) is 0 Å². The molecule has 0 atom stereocenters. The Morgan fingerprint density at radius 1 is 1.21 bits per heavy atom. The van der Waals surface area contributed by atoms with Crippen molar-refractivity contribution in [3.05, 3.63) is 53.4 Å². The van der Waals surface area contributed by atoms with Crippen LogP contribution in [0.1, 0.15) is 12.2 Å². The molecule has 0 N–H and O–H groups in total. The number of ether oxygens (including phenoxy) is 2. The standard InChI is InChI=1S/C17H18ClNO5/c1-22-17(21)8-9-19(11-15-3-2-10-23-15)16(20)12-24-14-6-4-13(18)5-7-14/h2-7,10H,8-9,11-12H2,1H3. The van der Waals surface area contributed by atoms with E-state index in [0.717, 1.165) is 0 Å². The average Bonchev–Trinajstić information content (AvgIpc) is 3.10. The summed E-state index contributed by atoms with van der Waals surface area (Å²) in [4.78, 5) is 25.2. The molecule has 1 aromatic carbocycles. The quantitative estimate of drug-likeness (QED) is 0.684. The lowest BCUT2D eigenvalue weighted by Crippen LogP contribution is -2.36. The zero-order valence-corrected chi connectivity index (χ0v) is 14.0. The van der Waals surface area contributed by atoms with Gasteiger partial charge < -0.3 is 18.8 Å². The molecular formula is C17H18ClNO5. The molecule has 0 aliphatic heterocycles. The van der Waals surface area contributed by atoms with Crippen molar-refractivity contribution in [1.29, 1.82) is 0 Å². The van der Waals surface area contributed by atoms with Crippen molar-refractivity contribution < 1.29 is 23.5 Å². The van der Waals surface area contributed by atoms with Crippen molar-refractivity contribution in [1.82, 2.24) is 4.90 Å². The van der Waals surface area contributed by atoms with Crippen molar-refractivity contribution in [3.8, 4) is 5.75 Å². The highest BCUT2D eigenvalue weighted by molar-refractivity contribution is 6.30. The highest BCUT2D eigenvalue weighted by Crippen LogP contribution is 2.16. The molecule has 2 rings (SSSR count). The van der Waals surface area contributed by atoms with Crippen LogP contribution in [0.4, 0.5) is 0 Å². The van der Waals surface area contributed by atoms with E-state index in [1.807, 2.05) is 0 Å². The van der Waals surface area contributed by atoms with E-state index in [1.165, 1.54) is 18.3 Å². The van der Waals surface area contributed by atoms with Crippen LogP contribution in [-0.4, -0.2) is 37.0 Å². The van der Waals surface area contributed by atoms with E-state index in [2.05, 4.69) is 4.74 Å². The highest BCUT2D eigenvalue weighted by Gasteiger charge is 2.17. The fraction of sp³-hybridized carbons (Fsp3) is 0.294. The Morgan fingerprint density at radius 3 is 2.58 bits per heavy atom. The normalized spacial score (nSPS) is 10.2. The lowest BCUT2D eigenvalue weighted by atomic mass is 10.3. The summed E-state index contributed by atoms with van der Waals surface area (Å²) in [7, 11) is 1.31. The number of rotatable bonds is 8. The SMILES string of the molecule is COC(=O)CCN(Cc1ccco1)C(=O)COc1ccc(Cl)cc1. The van der Waals surface area contributed by atoms with E-state index < -0.39 is 0 Å². The van der Waals surface area contributed by atoms with Gasteiger partial charge in [-0.1, -0.05) is 11.6 Å². The molecule has 0 spiro atoms. The zero-order chi connectivity index (χ0) is 17.4. The Bertz CT molecular complexity index is 654. The molecule has 6 nitrogen and oxygen atoms in total. The van der Waals surface area contributed by atoms with E-state index >= 15 is 0 Å². The molecule has 0 radical (unpaired) electrons. The van der Waals surface area contributed by atoms with Gasteiger partial charge in [-0.05, 0) is 36.4 Å². The molecule has 1 amide bonds. The number of esters is 1. The first-order valence-electron chi connectivity index (χ1n) is 7.34. The molecule has 0 saturated carbocycles. The van der Waals surface area contributed by atoms with Gasteiger partial charge in [0.25, 0.3) is 5.91 Å². The number of hydrogen-bond acceptors (Lipinski definition) is 5. The number of benzene rings is 1. The third kappa shape index (κ3) is 5.62. The maximum atomic E-state index is 12.4. The number of halogens is 1. The van der Waals surface area contributed by atoms with Crippen LogP contribution >= 0.6 is 11.6 Å². The highest BCUT2D eigenvalue weighted by atomic mass is 35.5. The van der Waals surface area contributed by atoms with Gasteiger partial charge in [-0.3, -0.25) is 9.59 Å². The minimum atomic E-state index is -0.383. The van der Waals surface area contributed by atoms with Crippen molar-refractivity contribution in [2.45, 2.75) is 13.0 Å². The minimum Gasteiger partial charge on any atom is -0.484 e. The van der Waals surface area contributed by atoms with Crippen molar-refractivity contribution >= 4 is 23.5 Å². The molecule has 0 unspecified atom stereocenters. The fourth-order valence-corrected chi connectivity index (χ4v) is 2.10. The molecule has 1 heterocycles. The lowest BCUT2D eigenvalue weighted by Gasteiger charge is -2.21. The maximum Gasteiger partial charge on any atom is 0.307 e. The third-order valence-electron chi connectivity index (χ3n) is 3.27. The van der Waals surface area contributed by atoms with Gasteiger partial charge in [-0.15, -0.1) is 0 Å². The minimum absolute atomic E-state index is 0.101. The molecule has 0 fully saturated rings. The van der Waals surface area contributed by atoms with Crippen LogP contribution in [-0.2, 0) is 20.9 Å². The molecule has 128 valence electrons. The number of carbonyl (C=O) groups is 2. The van der Waals surface area contributed by atoms with Crippen molar-refractivity contribution in [2.24, 2.45) is 0 Å². The van der Waals surface area contributed by atoms with Crippen LogP contribution in [0.5, 0.6) is 5.75 Å². The van der Waals surface area contributed by atoms with Crippen LogP contribution in [0.2, 0.25) is 5.02 Å². The molecule has 0 bridgehead atoms. The van der Waals surface area contributed by atoms with Crippen LogP contribution < -0.4 is 4.74 Å². The summed E-state index contributed by atoms with van der Waals surface area (Å²) < 4.78 is 15.3. The second-order valence-corrected chi connectivity index (χ2v) is 5.40. The molecule has 0 aliphatic rings. The van der Waals surface area contributed by atoms with E-state index in [9.17, 15) is 9.59 Å². The number of carbonyl (C=O) groups excluding carboxylic acids is 2. The average molecular weight is 352 g/mol. The fourth-order valence-electron chi connectivity index (χ4n) is 1.98. The van der Waals surface area contributed by atoms with E-state index in [-0.39, 0.29) is 38.0 Å². The lowest BCUT2D eigenvalue weighted by molar-refractivity contribution is -0.142. The van der Waals surface area contributed by atoms with Crippen LogP contribution in [0.15, 0.2) is 47.1 Å². The number of amides is 1. The van der Waals surface area contributed by atoms with Gasteiger partial charge in [-0.2, -0.15) is 0 Å². The van der Waals surface area contributed by atoms with Gasteiger partial charge in [0, 0.05) is 11.6 Å². The van der Waals surface area contributed by atoms with Crippen LogP contribution in [0.3, 0.4) is 0 Å². The van der Waals surface area contributed by atoms with E-state index in [4.69, 9.17) is 20.8 Å². The smallest absolute Gasteiger partial charge is 0.307 e. The Labute approximate surface area is 144 Å². The third-order valence-corrected chi connectivity index (χ3v) is 3.52. The summed E-state index contributed by atoms with van der Waals surface area (Å²) >= 11 is 5.80. The predicted molar refractivity (Wildman–Crippen MR) is 87.7 cm³/mol. The number of nitrogens with zero attached hydrogens (tertiary/aromatic N) is 1. The molecule has 0 aliphatic carbocycles. The molecule has 24 heavy (non-hydrogen) atoms. The molecule has 2 aromatic rings. The van der Waals surface area contributed by atoms with Crippen molar-refractivity contribution in [3.63, 3.8) is 0 Å². The largest absolute Gasteiger partial charge is 0.484 e. The summed E-state index contributed by atoms with van der Waals surface area (Å²) in [6.45, 7) is 0.326. The summed E-state index contributed by atoms with van der Waals surface area (Å²) in [5.74, 6) is 0.523. The van der Waals surface area contributed by atoms with Gasteiger partial charge in [0.1, 0.15) is 11.5 Å². The second kappa shape index (κ2) is 8.98. The molecule has 1 aromatic heterocycles. The predicted octanol–water partition coefficient (Wildman–Crippen LogP) is 2.90. The summed E-state index contributed by atoms with van der Waals surface area (Å²) in [6, 6.07) is 10.2. The van der Waals surface area contributed by atoms with Crippen molar-refractivity contribution in [2.75, 3.05) is 20.3 Å². The first-order chi connectivity index (χ1) is 11.6. The Hall–Kier alpha value is -2.47. The van der Waals surface area contributed by atoms with Crippen LogP contribution in [0.25, 0.3) is 0 Å². The Morgan fingerprint density at radius 2 is 1.96 bits per heavy atom. The number of methoxy groups -OCH3 is 1. The number of hydrogen-bond donors (Lipinski definition) is 0. The van der Waals surface area contributed by atoms with E-state index in [1.54, 1.807) is 36.4 Å². The van der Waals surface area contributed by atoms with Gasteiger partial charge in [0.15, 0.2) is 6.61 Å². The Balaban J connectivity index is 1.94. The van der Waals surface area contributed by atoms with Gasteiger partial charge >= 0.3 is 5.97 Å². The maximum absolute atomic E-state index is 12.4. The molecular weight excluding hydrogens is 334 g/mol. The molecule has 0 saturated heterocycles. The Kier molecular flexibility index (Phi) is 6.69. The second-order valence-electron chi connectivity index (χ2n) is 4.96.